The Bertz CT molecular complexity index is 1170. The van der Waals surface area contributed by atoms with Crippen LogP contribution in [0.1, 0.15) is 36.1 Å². The second kappa shape index (κ2) is 6.58. The fraction of sp³-hybridized carbons (Fsp3) is 0.348. The van der Waals surface area contributed by atoms with Crippen molar-refractivity contribution in [2.75, 3.05) is 6.54 Å². The Labute approximate surface area is 174 Å². The van der Waals surface area contributed by atoms with Gasteiger partial charge in [-0.1, -0.05) is 24.3 Å². The Morgan fingerprint density at radius 3 is 2.87 bits per heavy atom. The number of pyridine rings is 1. The van der Waals surface area contributed by atoms with Crippen LogP contribution >= 0.6 is 0 Å². The van der Waals surface area contributed by atoms with E-state index in [2.05, 4.69) is 0 Å². The number of aryl methyl sites for hydroxylation is 1. The third kappa shape index (κ3) is 2.76. The molecule has 2 N–H and O–H groups in total. The summed E-state index contributed by atoms with van der Waals surface area (Å²) in [7, 11) is 0. The number of fused-ring (bicyclic) bond motifs is 5. The molecule has 2 bridgehead atoms. The van der Waals surface area contributed by atoms with Crippen molar-refractivity contribution < 1.29 is 14.3 Å². The first kappa shape index (κ1) is 18.7. The number of benzene rings is 1. The lowest BCUT2D eigenvalue weighted by atomic mass is 9.73. The summed E-state index contributed by atoms with van der Waals surface area (Å²) in [5, 5.41) is 0. The van der Waals surface area contributed by atoms with Gasteiger partial charge in [0.05, 0.1) is 5.69 Å². The van der Waals surface area contributed by atoms with Crippen molar-refractivity contribution in [2.45, 2.75) is 38.3 Å². The number of carbonyl (C=O) groups is 2. The molecule has 2 aliphatic heterocycles. The van der Waals surface area contributed by atoms with E-state index >= 15 is 0 Å². The molecule has 1 aromatic carbocycles. The van der Waals surface area contributed by atoms with E-state index in [0.29, 0.717) is 25.1 Å². The van der Waals surface area contributed by atoms with Crippen LogP contribution < -0.4 is 10.5 Å². The minimum atomic E-state index is -0.883. The molecular formula is C23H24N4O3. The van der Waals surface area contributed by atoms with Crippen LogP contribution in [0.3, 0.4) is 0 Å². The Morgan fingerprint density at radius 2 is 2.10 bits per heavy atom. The third-order valence-corrected chi connectivity index (χ3v) is 6.38. The number of carbonyl (C=O) groups excluding carboxylic acids is 2. The topological polar surface area (TPSA) is 89.9 Å². The van der Waals surface area contributed by atoms with Crippen LogP contribution in [0.4, 0.5) is 0 Å². The normalized spacial score (nSPS) is 25.1. The van der Waals surface area contributed by atoms with Crippen LogP contribution in [0.2, 0.25) is 0 Å². The maximum Gasteiger partial charge on any atom is 0.238 e. The van der Waals surface area contributed by atoms with Crippen molar-refractivity contribution in [2.24, 2.45) is 11.7 Å². The molecule has 3 aromatic rings. The van der Waals surface area contributed by atoms with Crippen LogP contribution in [-0.2, 0) is 16.0 Å². The van der Waals surface area contributed by atoms with Gasteiger partial charge in [-0.25, -0.2) is 4.98 Å². The zero-order valence-corrected chi connectivity index (χ0v) is 17.0. The van der Waals surface area contributed by atoms with Crippen molar-refractivity contribution in [1.82, 2.24) is 14.3 Å². The van der Waals surface area contributed by atoms with Gasteiger partial charge in [-0.15, -0.1) is 0 Å². The number of nitrogens with zero attached hydrogens (tertiary/aromatic N) is 3. The molecule has 7 nitrogen and oxygen atoms in total. The monoisotopic (exact) mass is 404 g/mol. The Kier molecular flexibility index (Phi) is 4.10. The summed E-state index contributed by atoms with van der Waals surface area (Å²) in [6.07, 6.45) is 5.03. The predicted octanol–water partition coefficient (Wildman–Crippen LogP) is 2.41. The van der Waals surface area contributed by atoms with E-state index < -0.39 is 17.6 Å². The Hall–Kier alpha value is -3.35. The number of imidazole rings is 1. The predicted molar refractivity (Wildman–Crippen MR) is 111 cm³/mol. The molecule has 0 aliphatic carbocycles. The fourth-order valence-corrected chi connectivity index (χ4v) is 4.93. The average molecular weight is 404 g/mol. The molecule has 0 spiro atoms. The zero-order valence-electron chi connectivity index (χ0n) is 17.0. The Balaban J connectivity index is 1.47. The molecule has 2 amide bonds. The first-order chi connectivity index (χ1) is 14.4. The highest BCUT2D eigenvalue weighted by Gasteiger charge is 2.55. The molecule has 7 heteroatoms. The molecule has 0 unspecified atom stereocenters. The number of para-hydroxylation sites is 1. The van der Waals surface area contributed by atoms with E-state index in [1.165, 1.54) is 0 Å². The standard InChI is InChI=1S/C23H24N4O3/c1-14-6-5-10-26-13-15(25-21(14)26)9-11-27-22(29)19(20(24)28)17-12-23(27,2)30-18-8-4-3-7-16(17)18/h3-8,10,13,17,19H,9,11-12H2,1-2H3,(H2,24,28)/t17-,19-,23+/m0/s1. The van der Waals surface area contributed by atoms with Gasteiger partial charge in [0.2, 0.25) is 11.8 Å². The molecule has 5 rings (SSSR count). The van der Waals surface area contributed by atoms with Gasteiger partial charge in [0.25, 0.3) is 0 Å². The lowest BCUT2D eigenvalue weighted by Crippen LogP contribution is -2.64. The zero-order chi connectivity index (χ0) is 21.0. The van der Waals surface area contributed by atoms with Gasteiger partial charge in [-0.3, -0.25) is 9.59 Å². The fourth-order valence-electron chi connectivity index (χ4n) is 4.93. The van der Waals surface area contributed by atoms with Crippen LogP contribution in [-0.4, -0.2) is 38.4 Å². The second-order valence-electron chi connectivity index (χ2n) is 8.40. The average Bonchev–Trinajstić information content (AvgIpc) is 3.11. The number of piperidine rings is 1. The minimum Gasteiger partial charge on any atom is -0.468 e. The highest BCUT2D eigenvalue weighted by Crippen LogP contribution is 2.49. The SMILES string of the molecule is Cc1cccn2cc(CCN3C(=O)[C@H](C(N)=O)[C@H]4C[C@@]3(C)Oc3ccccc34)nc12. The molecule has 4 heterocycles. The van der Waals surface area contributed by atoms with E-state index in [1.54, 1.807) is 4.90 Å². The molecule has 154 valence electrons. The van der Waals surface area contributed by atoms with E-state index in [0.717, 1.165) is 22.5 Å². The first-order valence-electron chi connectivity index (χ1n) is 10.2. The molecule has 3 atom stereocenters. The summed E-state index contributed by atoms with van der Waals surface area (Å²) in [4.78, 5) is 32.0. The summed E-state index contributed by atoms with van der Waals surface area (Å²) < 4.78 is 8.28. The third-order valence-electron chi connectivity index (χ3n) is 6.38. The van der Waals surface area contributed by atoms with E-state index in [1.807, 2.05) is 67.0 Å². The van der Waals surface area contributed by atoms with Gasteiger partial charge in [-0.05, 0) is 37.1 Å². The molecule has 0 radical (unpaired) electrons. The van der Waals surface area contributed by atoms with Crippen molar-refractivity contribution in [1.29, 1.82) is 0 Å². The van der Waals surface area contributed by atoms with Crippen molar-refractivity contribution in [3.05, 3.63) is 65.6 Å². The van der Waals surface area contributed by atoms with Gasteiger partial charge in [-0.2, -0.15) is 0 Å². The number of amides is 2. The maximum absolute atomic E-state index is 13.4. The highest BCUT2D eigenvalue weighted by atomic mass is 16.5. The number of aromatic nitrogens is 2. The van der Waals surface area contributed by atoms with Crippen molar-refractivity contribution in [3.63, 3.8) is 0 Å². The number of nitrogens with two attached hydrogens (primary N) is 1. The van der Waals surface area contributed by atoms with Gasteiger partial charge in [0, 0.05) is 37.7 Å². The number of rotatable bonds is 4. The Morgan fingerprint density at radius 1 is 1.30 bits per heavy atom. The first-order valence-corrected chi connectivity index (χ1v) is 10.2. The molecule has 1 saturated heterocycles. The molecule has 2 aliphatic rings. The lowest BCUT2D eigenvalue weighted by molar-refractivity contribution is -0.175. The molecule has 30 heavy (non-hydrogen) atoms. The summed E-state index contributed by atoms with van der Waals surface area (Å²) in [5.74, 6) is -1.29. The second-order valence-corrected chi connectivity index (χ2v) is 8.40. The molecule has 1 fully saturated rings. The largest absolute Gasteiger partial charge is 0.468 e. The molecule has 2 aromatic heterocycles. The van der Waals surface area contributed by atoms with Crippen LogP contribution in [0.25, 0.3) is 5.65 Å². The minimum absolute atomic E-state index is 0.265. The number of likely N-dealkylation sites (tertiary alicyclic amines) is 1. The van der Waals surface area contributed by atoms with E-state index in [-0.39, 0.29) is 11.8 Å². The van der Waals surface area contributed by atoms with Crippen LogP contribution in [0.5, 0.6) is 5.75 Å². The van der Waals surface area contributed by atoms with E-state index in [4.69, 9.17) is 15.5 Å². The van der Waals surface area contributed by atoms with Gasteiger partial charge >= 0.3 is 0 Å². The highest BCUT2D eigenvalue weighted by molar-refractivity contribution is 6.01. The summed E-state index contributed by atoms with van der Waals surface area (Å²) >= 11 is 0. The molecular weight excluding hydrogens is 380 g/mol. The van der Waals surface area contributed by atoms with Crippen molar-refractivity contribution in [3.8, 4) is 5.75 Å². The lowest BCUT2D eigenvalue weighted by Gasteiger charge is -2.52. The molecule has 0 saturated carbocycles. The quantitative estimate of drug-likeness (QED) is 0.676. The summed E-state index contributed by atoms with van der Waals surface area (Å²) in [6.45, 7) is 4.34. The summed E-state index contributed by atoms with van der Waals surface area (Å²) in [6, 6.07) is 11.6. The van der Waals surface area contributed by atoms with Crippen LogP contribution in [0, 0.1) is 12.8 Å². The van der Waals surface area contributed by atoms with Crippen LogP contribution in [0.15, 0.2) is 48.8 Å². The van der Waals surface area contributed by atoms with Crippen molar-refractivity contribution >= 4 is 17.5 Å². The smallest absolute Gasteiger partial charge is 0.238 e. The van der Waals surface area contributed by atoms with E-state index in [9.17, 15) is 9.59 Å². The number of primary amides is 1. The van der Waals surface area contributed by atoms with Gasteiger partial charge in [0.1, 0.15) is 17.3 Å². The maximum atomic E-state index is 13.4. The number of hydrogen-bond donors (Lipinski definition) is 1. The number of hydrogen-bond acceptors (Lipinski definition) is 4. The number of ether oxygens (including phenoxy) is 1. The van der Waals surface area contributed by atoms with Gasteiger partial charge < -0.3 is 19.8 Å². The van der Waals surface area contributed by atoms with Gasteiger partial charge in [0.15, 0.2) is 5.72 Å². The summed E-state index contributed by atoms with van der Waals surface area (Å²) in [5.41, 5.74) is 8.62.